The minimum atomic E-state index is -4.23. The lowest BCUT2D eigenvalue weighted by Gasteiger charge is -2.37. The van der Waals surface area contributed by atoms with E-state index < -0.39 is 12.8 Å². The maximum absolute atomic E-state index is 12.0. The Labute approximate surface area is 111 Å². The summed E-state index contributed by atoms with van der Waals surface area (Å²) in [6.07, 6.45) is 0.694. The first-order valence-corrected chi connectivity index (χ1v) is 6.95. The topological polar surface area (TPSA) is 30.5 Å². The fraction of sp³-hybridized carbons (Fsp3) is 1.00. The summed E-state index contributed by atoms with van der Waals surface area (Å²) in [7, 11) is 0. The first-order chi connectivity index (χ1) is 8.99. The molecule has 0 unspecified atom stereocenters. The molecular weight excluding hydrogens is 259 g/mol. The molecule has 1 saturated carbocycles. The number of hydrogen-bond acceptors (Lipinski definition) is 3. The van der Waals surface area contributed by atoms with Gasteiger partial charge in [0.1, 0.15) is 6.61 Å². The van der Waals surface area contributed by atoms with Crippen molar-refractivity contribution in [2.24, 2.45) is 5.41 Å². The van der Waals surface area contributed by atoms with Crippen molar-refractivity contribution in [2.75, 3.05) is 33.0 Å². The van der Waals surface area contributed by atoms with E-state index in [1.54, 1.807) is 0 Å². The van der Waals surface area contributed by atoms with Gasteiger partial charge in [0.15, 0.2) is 0 Å². The Morgan fingerprint density at radius 3 is 2.47 bits per heavy atom. The molecule has 2 aliphatic rings. The van der Waals surface area contributed by atoms with Crippen molar-refractivity contribution in [1.82, 2.24) is 5.32 Å². The Hall–Kier alpha value is -0.330. The maximum atomic E-state index is 12.0. The lowest BCUT2D eigenvalue weighted by atomic mass is 9.77. The standard InChI is InChI=1S/C13H22F3NO2/c14-13(15,16)10-19-8-5-12(3-6-18-7-4-12)9-17-11-1-2-11/h11,17H,1-10H2. The van der Waals surface area contributed by atoms with E-state index in [-0.39, 0.29) is 12.0 Å². The normalized spacial score (nSPS) is 23.5. The van der Waals surface area contributed by atoms with Crippen LogP contribution in [0.3, 0.4) is 0 Å². The summed E-state index contributed by atoms with van der Waals surface area (Å²) >= 11 is 0. The molecule has 2 fully saturated rings. The van der Waals surface area contributed by atoms with Crippen LogP contribution in [0.25, 0.3) is 0 Å². The average Bonchev–Trinajstić information content (AvgIpc) is 3.17. The zero-order chi connectivity index (χ0) is 13.8. The third kappa shape index (κ3) is 5.67. The first kappa shape index (κ1) is 15.1. The monoisotopic (exact) mass is 281 g/mol. The summed E-state index contributed by atoms with van der Waals surface area (Å²) in [6.45, 7) is 1.30. The number of halogens is 3. The van der Waals surface area contributed by atoms with E-state index in [1.165, 1.54) is 12.8 Å². The maximum Gasteiger partial charge on any atom is 0.411 e. The van der Waals surface area contributed by atoms with Crippen molar-refractivity contribution in [2.45, 2.75) is 44.3 Å². The SMILES string of the molecule is FC(F)(F)COCCC1(CNC2CC2)CCOCC1. The van der Waals surface area contributed by atoms with E-state index >= 15 is 0 Å². The van der Waals surface area contributed by atoms with Crippen LogP contribution in [0.1, 0.15) is 32.1 Å². The largest absolute Gasteiger partial charge is 0.411 e. The molecule has 1 aliphatic carbocycles. The Morgan fingerprint density at radius 1 is 1.21 bits per heavy atom. The van der Waals surface area contributed by atoms with Gasteiger partial charge < -0.3 is 14.8 Å². The van der Waals surface area contributed by atoms with E-state index in [0.717, 1.165) is 19.4 Å². The lowest BCUT2D eigenvalue weighted by molar-refractivity contribution is -0.176. The molecule has 0 aromatic heterocycles. The second-order valence-electron chi connectivity index (χ2n) is 5.69. The van der Waals surface area contributed by atoms with Gasteiger partial charge in [-0.15, -0.1) is 0 Å². The zero-order valence-electron chi connectivity index (χ0n) is 11.1. The van der Waals surface area contributed by atoms with Gasteiger partial charge in [0.25, 0.3) is 0 Å². The summed E-state index contributed by atoms with van der Waals surface area (Å²) in [5.74, 6) is 0. The number of ether oxygens (including phenoxy) is 2. The highest BCUT2D eigenvalue weighted by Gasteiger charge is 2.35. The molecule has 0 aromatic carbocycles. The molecule has 0 spiro atoms. The summed E-state index contributed by atoms with van der Waals surface area (Å²) in [5.41, 5.74) is 0.0481. The summed E-state index contributed by atoms with van der Waals surface area (Å²) in [6, 6.07) is 0.621. The third-order valence-electron chi connectivity index (χ3n) is 3.94. The number of hydrogen-bond donors (Lipinski definition) is 1. The smallest absolute Gasteiger partial charge is 0.381 e. The fourth-order valence-electron chi connectivity index (χ4n) is 2.44. The predicted molar refractivity (Wildman–Crippen MR) is 65.0 cm³/mol. The molecule has 3 nitrogen and oxygen atoms in total. The highest BCUT2D eigenvalue weighted by atomic mass is 19.4. The summed E-state index contributed by atoms with van der Waals surface area (Å²) in [4.78, 5) is 0. The van der Waals surface area contributed by atoms with Gasteiger partial charge in [-0.25, -0.2) is 0 Å². The Balaban J connectivity index is 1.72. The quantitative estimate of drug-likeness (QED) is 0.727. The van der Waals surface area contributed by atoms with Crippen molar-refractivity contribution in [3.8, 4) is 0 Å². The second kappa shape index (κ2) is 6.41. The Bertz CT molecular complexity index is 274. The Morgan fingerprint density at radius 2 is 1.89 bits per heavy atom. The van der Waals surface area contributed by atoms with Crippen LogP contribution < -0.4 is 5.32 Å². The molecule has 19 heavy (non-hydrogen) atoms. The lowest BCUT2D eigenvalue weighted by Crippen LogP contribution is -2.41. The highest BCUT2D eigenvalue weighted by Crippen LogP contribution is 2.35. The molecule has 0 atom stereocenters. The first-order valence-electron chi connectivity index (χ1n) is 6.95. The molecule has 1 aliphatic heterocycles. The van der Waals surface area contributed by atoms with Gasteiger partial charge in [0.2, 0.25) is 0 Å². The van der Waals surface area contributed by atoms with Crippen LogP contribution in [0.15, 0.2) is 0 Å². The second-order valence-corrected chi connectivity index (χ2v) is 5.69. The van der Waals surface area contributed by atoms with E-state index in [0.29, 0.717) is 25.7 Å². The zero-order valence-corrected chi connectivity index (χ0v) is 11.1. The van der Waals surface area contributed by atoms with E-state index in [9.17, 15) is 13.2 Å². The molecule has 0 amide bonds. The minimum Gasteiger partial charge on any atom is -0.381 e. The van der Waals surface area contributed by atoms with Crippen LogP contribution in [-0.2, 0) is 9.47 Å². The number of alkyl halides is 3. The van der Waals surface area contributed by atoms with Gasteiger partial charge in [-0.1, -0.05) is 0 Å². The van der Waals surface area contributed by atoms with Gasteiger partial charge in [-0.3, -0.25) is 0 Å². The van der Waals surface area contributed by atoms with Gasteiger partial charge in [0, 0.05) is 32.4 Å². The number of nitrogens with one attached hydrogen (secondary N) is 1. The molecule has 1 saturated heterocycles. The van der Waals surface area contributed by atoms with Crippen LogP contribution >= 0.6 is 0 Å². The highest BCUT2D eigenvalue weighted by molar-refractivity contribution is 4.89. The van der Waals surface area contributed by atoms with Crippen LogP contribution in [0, 0.1) is 5.41 Å². The minimum absolute atomic E-state index is 0.0481. The average molecular weight is 281 g/mol. The van der Waals surface area contributed by atoms with E-state index in [1.807, 2.05) is 0 Å². The van der Waals surface area contributed by atoms with Gasteiger partial charge in [0.05, 0.1) is 0 Å². The third-order valence-corrected chi connectivity index (χ3v) is 3.94. The molecule has 0 bridgehead atoms. The van der Waals surface area contributed by atoms with Crippen LogP contribution in [0.4, 0.5) is 13.2 Å². The van der Waals surface area contributed by atoms with Crippen molar-refractivity contribution in [1.29, 1.82) is 0 Å². The molecule has 1 N–H and O–H groups in total. The molecule has 112 valence electrons. The summed E-state index contributed by atoms with van der Waals surface area (Å²) in [5, 5.41) is 3.49. The van der Waals surface area contributed by atoms with Crippen molar-refractivity contribution >= 4 is 0 Å². The Kier molecular flexibility index (Phi) is 5.09. The molecule has 1 heterocycles. The van der Waals surface area contributed by atoms with Crippen molar-refractivity contribution < 1.29 is 22.6 Å². The molecule has 0 radical (unpaired) electrons. The van der Waals surface area contributed by atoms with E-state index in [4.69, 9.17) is 9.47 Å². The molecule has 2 rings (SSSR count). The van der Waals surface area contributed by atoms with Gasteiger partial charge in [-0.05, 0) is 37.5 Å². The fourth-order valence-corrected chi connectivity index (χ4v) is 2.44. The van der Waals surface area contributed by atoms with Crippen molar-refractivity contribution in [3.05, 3.63) is 0 Å². The molecular formula is C13H22F3NO2. The predicted octanol–water partition coefficient (Wildman–Crippen LogP) is 2.50. The van der Waals surface area contributed by atoms with Crippen molar-refractivity contribution in [3.63, 3.8) is 0 Å². The molecule has 0 aromatic rings. The number of rotatable bonds is 7. The van der Waals surface area contributed by atoms with E-state index in [2.05, 4.69) is 5.32 Å². The van der Waals surface area contributed by atoms with Crippen LogP contribution in [0.2, 0.25) is 0 Å². The molecule has 6 heteroatoms. The summed E-state index contributed by atoms with van der Waals surface area (Å²) < 4.78 is 46.2. The van der Waals surface area contributed by atoms with Crippen LogP contribution in [0.5, 0.6) is 0 Å². The van der Waals surface area contributed by atoms with Crippen LogP contribution in [-0.4, -0.2) is 45.2 Å². The van der Waals surface area contributed by atoms with Gasteiger partial charge >= 0.3 is 6.18 Å². The van der Waals surface area contributed by atoms with Gasteiger partial charge in [-0.2, -0.15) is 13.2 Å².